The van der Waals surface area contributed by atoms with E-state index in [4.69, 9.17) is 21.1 Å². The Morgan fingerprint density at radius 1 is 1.19 bits per heavy atom. The number of carbonyl (C=O) groups is 1. The molecule has 3 aliphatic rings. The van der Waals surface area contributed by atoms with Crippen LogP contribution in [-0.2, 0) is 11.2 Å². The largest absolute Gasteiger partial charge is 0.493 e. The molecule has 36 heavy (non-hydrogen) atoms. The monoisotopic (exact) mass is 521 g/mol. The fourth-order valence-corrected chi connectivity index (χ4v) is 5.46. The number of nitrogens with zero attached hydrogens (tertiary/aromatic N) is 3. The van der Waals surface area contributed by atoms with Crippen molar-refractivity contribution in [1.29, 1.82) is 0 Å². The number of ether oxygens (including phenoxy) is 2. The lowest BCUT2D eigenvalue weighted by atomic mass is 9.95. The second kappa shape index (κ2) is 9.84. The molecule has 2 atom stereocenters. The van der Waals surface area contributed by atoms with E-state index in [1.807, 2.05) is 12.1 Å². The molecule has 3 aliphatic heterocycles. The third kappa shape index (κ3) is 4.85. The van der Waals surface area contributed by atoms with Crippen LogP contribution in [0.15, 0.2) is 41.5 Å². The van der Waals surface area contributed by atoms with Crippen LogP contribution in [0.4, 0.5) is 24.5 Å². The van der Waals surface area contributed by atoms with Gasteiger partial charge in [-0.3, -0.25) is 5.01 Å². The normalized spacial score (nSPS) is 22.3. The SMILES string of the molecule is CC1C(C(F)(F)F)=NN(c2ccc(OC3CCN(c4cc5c(cc4Cl)CCO5)CC3)cc2)[C@H]1CC=O. The highest BCUT2D eigenvalue weighted by atomic mass is 35.5. The van der Waals surface area contributed by atoms with Gasteiger partial charge < -0.3 is 19.2 Å². The minimum Gasteiger partial charge on any atom is -0.493 e. The van der Waals surface area contributed by atoms with Gasteiger partial charge in [-0.25, -0.2) is 0 Å². The fourth-order valence-electron chi connectivity index (χ4n) is 5.15. The summed E-state index contributed by atoms with van der Waals surface area (Å²) in [5, 5.41) is 5.85. The smallest absolute Gasteiger partial charge is 0.431 e. The lowest BCUT2D eigenvalue weighted by molar-refractivity contribution is -0.108. The summed E-state index contributed by atoms with van der Waals surface area (Å²) in [6.07, 6.45) is -1.43. The summed E-state index contributed by atoms with van der Waals surface area (Å²) in [7, 11) is 0. The number of hydrazone groups is 1. The van der Waals surface area contributed by atoms with Crippen LogP contribution in [0.5, 0.6) is 11.5 Å². The van der Waals surface area contributed by atoms with Gasteiger partial charge >= 0.3 is 6.18 Å². The van der Waals surface area contributed by atoms with Gasteiger partial charge in [-0.15, -0.1) is 0 Å². The lowest BCUT2D eigenvalue weighted by Crippen LogP contribution is -2.38. The Balaban J connectivity index is 1.22. The zero-order chi connectivity index (χ0) is 25.4. The Bertz CT molecular complexity index is 1150. The fraction of sp³-hybridized carbons (Fsp3) is 0.462. The van der Waals surface area contributed by atoms with Gasteiger partial charge in [0.05, 0.1) is 29.0 Å². The lowest BCUT2D eigenvalue weighted by Gasteiger charge is -2.34. The van der Waals surface area contributed by atoms with Crippen molar-refractivity contribution >= 4 is 35.0 Å². The van der Waals surface area contributed by atoms with E-state index < -0.39 is 23.8 Å². The molecule has 0 amide bonds. The highest BCUT2D eigenvalue weighted by Crippen LogP contribution is 2.39. The van der Waals surface area contributed by atoms with Gasteiger partial charge in [0.1, 0.15) is 29.6 Å². The van der Waals surface area contributed by atoms with Gasteiger partial charge in [0.25, 0.3) is 0 Å². The highest BCUT2D eigenvalue weighted by Gasteiger charge is 2.48. The van der Waals surface area contributed by atoms with Gasteiger partial charge in [0.2, 0.25) is 0 Å². The molecule has 2 aromatic carbocycles. The molecule has 192 valence electrons. The predicted molar refractivity (Wildman–Crippen MR) is 133 cm³/mol. The van der Waals surface area contributed by atoms with Crippen LogP contribution in [0, 0.1) is 5.92 Å². The summed E-state index contributed by atoms with van der Waals surface area (Å²) in [4.78, 5) is 13.3. The Morgan fingerprint density at radius 2 is 1.92 bits per heavy atom. The van der Waals surface area contributed by atoms with Crippen LogP contribution >= 0.6 is 11.6 Å². The Labute approximate surface area is 212 Å². The molecule has 0 radical (unpaired) electrons. The summed E-state index contributed by atoms with van der Waals surface area (Å²) in [6, 6.07) is 10.2. The van der Waals surface area contributed by atoms with Crippen molar-refractivity contribution in [2.24, 2.45) is 11.0 Å². The van der Waals surface area contributed by atoms with E-state index in [1.54, 1.807) is 24.3 Å². The van der Waals surface area contributed by atoms with Crippen LogP contribution in [0.2, 0.25) is 5.02 Å². The number of anilines is 2. The molecule has 1 unspecified atom stereocenters. The summed E-state index contributed by atoms with van der Waals surface area (Å²) in [6.45, 7) is 3.71. The number of halogens is 4. The number of fused-ring (bicyclic) bond motifs is 1. The number of piperidine rings is 1. The third-order valence-electron chi connectivity index (χ3n) is 7.11. The van der Waals surface area contributed by atoms with Crippen molar-refractivity contribution in [3.8, 4) is 11.5 Å². The standard InChI is InChI=1S/C26H27ClF3N3O3/c1-16-22(8-12-34)33(31-25(16)26(28,29)30)18-2-4-19(5-3-18)36-20-6-10-32(11-7-20)23-15-24-17(9-13-35-24)14-21(23)27/h2-5,12,14-16,20,22H,6-11,13H2,1H3/t16?,22-/m0/s1. The van der Waals surface area contributed by atoms with Crippen LogP contribution in [0.1, 0.15) is 31.7 Å². The molecular weight excluding hydrogens is 495 g/mol. The van der Waals surface area contributed by atoms with E-state index in [9.17, 15) is 18.0 Å². The maximum atomic E-state index is 13.4. The molecule has 2 aromatic rings. The van der Waals surface area contributed by atoms with Gasteiger partial charge in [-0.2, -0.15) is 18.3 Å². The molecule has 0 saturated carbocycles. The van der Waals surface area contributed by atoms with Gasteiger partial charge in [0.15, 0.2) is 0 Å². The average molecular weight is 522 g/mol. The minimum atomic E-state index is -4.54. The number of aldehydes is 1. The summed E-state index contributed by atoms with van der Waals surface area (Å²) in [5.41, 5.74) is 1.75. The molecule has 6 nitrogen and oxygen atoms in total. The molecule has 10 heteroatoms. The maximum Gasteiger partial charge on any atom is 0.431 e. The first kappa shape index (κ1) is 24.7. The van der Waals surface area contributed by atoms with Crippen LogP contribution in [0.25, 0.3) is 0 Å². The Morgan fingerprint density at radius 3 is 2.58 bits per heavy atom. The van der Waals surface area contributed by atoms with Crippen LogP contribution in [0.3, 0.4) is 0 Å². The molecule has 1 saturated heterocycles. The first-order valence-electron chi connectivity index (χ1n) is 12.1. The minimum absolute atomic E-state index is 0.0148. The van der Waals surface area contributed by atoms with E-state index in [2.05, 4.69) is 10.0 Å². The number of carbonyl (C=O) groups excluding carboxylic acids is 1. The number of hydrogen-bond acceptors (Lipinski definition) is 6. The van der Waals surface area contributed by atoms with Crippen molar-refractivity contribution in [3.05, 3.63) is 47.0 Å². The Hall–Kier alpha value is -2.94. The average Bonchev–Trinajstić information content (AvgIpc) is 3.44. The van der Waals surface area contributed by atoms with Gasteiger partial charge in [0, 0.05) is 50.8 Å². The van der Waals surface area contributed by atoms with Gasteiger partial charge in [-0.05, 0) is 35.9 Å². The second-order valence-corrected chi connectivity index (χ2v) is 9.80. The van der Waals surface area contributed by atoms with Crippen molar-refractivity contribution in [3.63, 3.8) is 0 Å². The van der Waals surface area contributed by atoms with Crippen molar-refractivity contribution < 1.29 is 27.4 Å². The molecular formula is C26H27ClF3N3O3. The molecule has 0 N–H and O–H groups in total. The molecule has 0 aromatic heterocycles. The van der Waals surface area contributed by atoms with Crippen LogP contribution < -0.4 is 19.4 Å². The topological polar surface area (TPSA) is 54.4 Å². The van der Waals surface area contributed by atoms with E-state index in [1.165, 1.54) is 11.9 Å². The zero-order valence-corrected chi connectivity index (χ0v) is 20.6. The molecule has 5 rings (SSSR count). The predicted octanol–water partition coefficient (Wildman–Crippen LogP) is 5.65. The second-order valence-electron chi connectivity index (χ2n) is 9.39. The number of hydrogen-bond donors (Lipinski definition) is 0. The summed E-state index contributed by atoms with van der Waals surface area (Å²) >= 11 is 6.53. The summed E-state index contributed by atoms with van der Waals surface area (Å²) in [5.74, 6) is 0.643. The van der Waals surface area contributed by atoms with Crippen molar-refractivity contribution in [2.45, 2.75) is 50.9 Å². The molecule has 3 heterocycles. The molecule has 0 aliphatic carbocycles. The first-order chi connectivity index (χ1) is 17.2. The van der Waals surface area contributed by atoms with E-state index in [0.29, 0.717) is 24.3 Å². The van der Waals surface area contributed by atoms with Crippen molar-refractivity contribution in [2.75, 3.05) is 29.6 Å². The molecule has 0 bridgehead atoms. The zero-order valence-electron chi connectivity index (χ0n) is 19.8. The summed E-state index contributed by atoms with van der Waals surface area (Å²) < 4.78 is 52.0. The number of rotatable bonds is 6. The third-order valence-corrected chi connectivity index (χ3v) is 7.41. The van der Waals surface area contributed by atoms with E-state index in [-0.39, 0.29) is 12.5 Å². The maximum absolute atomic E-state index is 13.4. The van der Waals surface area contributed by atoms with Gasteiger partial charge in [-0.1, -0.05) is 18.5 Å². The quantitative estimate of drug-likeness (QED) is 0.459. The van der Waals surface area contributed by atoms with E-state index >= 15 is 0 Å². The highest BCUT2D eigenvalue weighted by molar-refractivity contribution is 6.33. The van der Waals surface area contributed by atoms with Crippen LogP contribution in [-0.4, -0.2) is 50.0 Å². The van der Waals surface area contributed by atoms with E-state index in [0.717, 1.165) is 54.4 Å². The number of alkyl halides is 3. The molecule has 1 fully saturated rings. The van der Waals surface area contributed by atoms with Crippen molar-refractivity contribution in [1.82, 2.24) is 0 Å². The molecule has 0 spiro atoms. The Kier molecular flexibility index (Phi) is 6.76. The first-order valence-corrected chi connectivity index (χ1v) is 12.5. The number of benzene rings is 2.